The number of carbonyl (C=O) groups is 2. The molecule has 2 aromatic rings. The van der Waals surface area contributed by atoms with Crippen molar-refractivity contribution in [2.45, 2.75) is 65.0 Å². The first-order valence-corrected chi connectivity index (χ1v) is 10.6. The lowest BCUT2D eigenvalue weighted by Crippen LogP contribution is -2.38. The second-order valence-electron chi connectivity index (χ2n) is 7.70. The zero-order valence-electron chi connectivity index (χ0n) is 15.9. The van der Waals surface area contributed by atoms with Gasteiger partial charge in [-0.25, -0.2) is 4.98 Å². The van der Waals surface area contributed by atoms with Gasteiger partial charge in [0.25, 0.3) is 5.56 Å². The lowest BCUT2D eigenvalue weighted by atomic mass is 9.97. The van der Waals surface area contributed by atoms with Gasteiger partial charge in [-0.05, 0) is 71.0 Å². The maximum atomic E-state index is 13.5. The Morgan fingerprint density at radius 3 is 2.41 bits per heavy atom. The first kappa shape index (κ1) is 18.5. The van der Waals surface area contributed by atoms with Gasteiger partial charge >= 0.3 is 0 Å². The van der Waals surface area contributed by atoms with Crippen LogP contribution in [0.25, 0.3) is 10.2 Å². The first-order valence-electron chi connectivity index (χ1n) is 9.76. The van der Waals surface area contributed by atoms with Crippen LogP contribution in [0.2, 0.25) is 0 Å². The van der Waals surface area contributed by atoms with E-state index in [1.807, 2.05) is 0 Å². The summed E-state index contributed by atoms with van der Waals surface area (Å²) in [6.07, 6.45) is 6.32. The molecule has 3 heterocycles. The molecule has 6 nitrogen and oxygen atoms in total. The Kier molecular flexibility index (Phi) is 4.99. The number of carbonyl (C=O) groups excluding carboxylic acids is 2. The number of aryl methyl sites for hydroxylation is 2. The van der Waals surface area contributed by atoms with E-state index in [2.05, 4.69) is 4.90 Å². The number of aromatic nitrogens is 2. The van der Waals surface area contributed by atoms with Gasteiger partial charge in [0.2, 0.25) is 0 Å². The molecular formula is C20H25N3O3S. The van der Waals surface area contributed by atoms with Crippen molar-refractivity contribution in [1.29, 1.82) is 0 Å². The standard InChI is InChI=1S/C20H25N3O3S/c1-12(24)18(13(2)25)23-16(11-22-9-5-6-10-22)21-19-17(20(23)26)14-7-3-4-8-15(14)27-19/h18H,3-11H2,1-2H3. The molecule has 2 aromatic heterocycles. The largest absolute Gasteiger partial charge is 0.297 e. The van der Waals surface area contributed by atoms with Gasteiger partial charge in [-0.1, -0.05) is 0 Å². The number of hydrogen-bond acceptors (Lipinski definition) is 6. The van der Waals surface area contributed by atoms with Crippen LogP contribution in [-0.2, 0) is 29.0 Å². The molecule has 0 unspecified atom stereocenters. The molecule has 144 valence electrons. The number of Topliss-reactive ketones (excluding diaryl/α,β-unsaturated/α-hetero) is 2. The van der Waals surface area contributed by atoms with Crippen LogP contribution in [-0.4, -0.2) is 39.1 Å². The minimum atomic E-state index is -1.08. The summed E-state index contributed by atoms with van der Waals surface area (Å²) in [5, 5.41) is 0.632. The van der Waals surface area contributed by atoms with Crippen molar-refractivity contribution in [3.63, 3.8) is 0 Å². The zero-order valence-corrected chi connectivity index (χ0v) is 16.7. The van der Waals surface area contributed by atoms with E-state index >= 15 is 0 Å². The summed E-state index contributed by atoms with van der Waals surface area (Å²) in [5.74, 6) is -0.0709. The Hall–Kier alpha value is -1.86. The third-order valence-corrected chi connectivity index (χ3v) is 6.87. The van der Waals surface area contributed by atoms with Gasteiger partial charge in [0.05, 0.1) is 11.9 Å². The molecule has 0 radical (unpaired) electrons. The van der Waals surface area contributed by atoms with E-state index in [-0.39, 0.29) is 17.1 Å². The number of fused-ring (bicyclic) bond motifs is 3. The zero-order chi connectivity index (χ0) is 19.1. The van der Waals surface area contributed by atoms with Crippen molar-refractivity contribution in [1.82, 2.24) is 14.5 Å². The van der Waals surface area contributed by atoms with Gasteiger partial charge in [-0.3, -0.25) is 23.9 Å². The molecule has 7 heteroatoms. The number of hydrogen-bond donors (Lipinski definition) is 0. The van der Waals surface area contributed by atoms with Crippen LogP contribution in [0, 0.1) is 0 Å². The third-order valence-electron chi connectivity index (χ3n) is 5.69. The molecular weight excluding hydrogens is 362 g/mol. The fourth-order valence-electron chi connectivity index (χ4n) is 4.43. The molecule has 0 saturated carbocycles. The average molecular weight is 388 g/mol. The molecule has 0 aromatic carbocycles. The monoisotopic (exact) mass is 387 g/mol. The molecule has 2 aliphatic rings. The lowest BCUT2D eigenvalue weighted by molar-refractivity contribution is -0.129. The number of likely N-dealkylation sites (tertiary alicyclic amines) is 1. The van der Waals surface area contributed by atoms with E-state index in [0.29, 0.717) is 17.8 Å². The Bertz CT molecular complexity index is 955. The molecule has 1 fully saturated rings. The Morgan fingerprint density at radius 2 is 1.74 bits per heavy atom. The highest BCUT2D eigenvalue weighted by atomic mass is 32.1. The summed E-state index contributed by atoms with van der Waals surface area (Å²) in [6, 6.07) is -1.08. The Balaban J connectivity index is 1.95. The fourth-order valence-corrected chi connectivity index (χ4v) is 5.70. The van der Waals surface area contributed by atoms with Gasteiger partial charge in [0.1, 0.15) is 10.7 Å². The quantitative estimate of drug-likeness (QED) is 0.738. The summed E-state index contributed by atoms with van der Waals surface area (Å²) in [7, 11) is 0. The highest BCUT2D eigenvalue weighted by molar-refractivity contribution is 7.18. The smallest absolute Gasteiger partial charge is 0.263 e. The Morgan fingerprint density at radius 1 is 1.07 bits per heavy atom. The molecule has 0 spiro atoms. The molecule has 4 rings (SSSR count). The number of ketones is 2. The summed E-state index contributed by atoms with van der Waals surface area (Å²) >= 11 is 1.61. The predicted octanol–water partition coefficient (Wildman–Crippen LogP) is 2.65. The van der Waals surface area contributed by atoms with E-state index in [1.54, 1.807) is 11.3 Å². The Labute approximate surface area is 162 Å². The summed E-state index contributed by atoms with van der Waals surface area (Å²) in [4.78, 5) is 47.1. The number of thiophene rings is 1. The summed E-state index contributed by atoms with van der Waals surface area (Å²) < 4.78 is 1.40. The highest BCUT2D eigenvalue weighted by Crippen LogP contribution is 2.34. The van der Waals surface area contributed by atoms with Crippen LogP contribution in [0.1, 0.15) is 61.8 Å². The van der Waals surface area contributed by atoms with Crippen LogP contribution in [0.4, 0.5) is 0 Å². The maximum absolute atomic E-state index is 13.5. The predicted molar refractivity (Wildman–Crippen MR) is 105 cm³/mol. The molecule has 1 aliphatic carbocycles. The summed E-state index contributed by atoms with van der Waals surface area (Å²) in [5.41, 5.74) is 0.870. The van der Waals surface area contributed by atoms with E-state index in [1.165, 1.54) is 23.3 Å². The van der Waals surface area contributed by atoms with Gasteiger partial charge < -0.3 is 0 Å². The highest BCUT2D eigenvalue weighted by Gasteiger charge is 2.30. The van der Waals surface area contributed by atoms with Crippen molar-refractivity contribution in [2.24, 2.45) is 0 Å². The van der Waals surface area contributed by atoms with Gasteiger partial charge in [0.15, 0.2) is 17.6 Å². The van der Waals surface area contributed by atoms with Gasteiger partial charge in [-0.15, -0.1) is 11.3 Å². The van der Waals surface area contributed by atoms with E-state index < -0.39 is 6.04 Å². The molecule has 0 amide bonds. The normalized spacial score (nSPS) is 17.6. The SMILES string of the molecule is CC(=O)C(C(C)=O)n1c(CN2CCCC2)nc2sc3c(c2c1=O)CCCC3. The topological polar surface area (TPSA) is 72.3 Å². The van der Waals surface area contributed by atoms with Crippen molar-refractivity contribution in [2.75, 3.05) is 13.1 Å². The molecule has 0 N–H and O–H groups in total. The van der Waals surface area contributed by atoms with Crippen LogP contribution in [0.15, 0.2) is 4.79 Å². The van der Waals surface area contributed by atoms with Gasteiger partial charge in [-0.2, -0.15) is 0 Å². The number of rotatable bonds is 5. The van der Waals surface area contributed by atoms with Crippen molar-refractivity contribution in [3.05, 3.63) is 26.6 Å². The van der Waals surface area contributed by atoms with Gasteiger partial charge in [0, 0.05) is 4.88 Å². The van der Waals surface area contributed by atoms with Crippen LogP contribution >= 0.6 is 11.3 Å². The van der Waals surface area contributed by atoms with Crippen molar-refractivity contribution >= 4 is 33.1 Å². The second kappa shape index (κ2) is 7.28. The maximum Gasteiger partial charge on any atom is 0.263 e. The summed E-state index contributed by atoms with van der Waals surface area (Å²) in [6.45, 7) is 5.18. The van der Waals surface area contributed by atoms with E-state index in [0.717, 1.165) is 62.0 Å². The molecule has 0 bridgehead atoms. The molecule has 27 heavy (non-hydrogen) atoms. The number of nitrogens with zero attached hydrogens (tertiary/aromatic N) is 3. The third kappa shape index (κ3) is 3.27. The second-order valence-corrected chi connectivity index (χ2v) is 8.78. The van der Waals surface area contributed by atoms with Crippen molar-refractivity contribution < 1.29 is 9.59 Å². The van der Waals surface area contributed by atoms with Crippen LogP contribution in [0.5, 0.6) is 0 Å². The van der Waals surface area contributed by atoms with Crippen LogP contribution in [0.3, 0.4) is 0 Å². The van der Waals surface area contributed by atoms with Crippen LogP contribution < -0.4 is 5.56 Å². The van der Waals surface area contributed by atoms with Crippen molar-refractivity contribution in [3.8, 4) is 0 Å². The minimum Gasteiger partial charge on any atom is -0.297 e. The first-order chi connectivity index (χ1) is 13.0. The molecule has 0 atom stereocenters. The lowest BCUT2D eigenvalue weighted by Gasteiger charge is -2.22. The minimum absolute atomic E-state index is 0.219. The van der Waals surface area contributed by atoms with E-state index in [4.69, 9.17) is 4.98 Å². The van der Waals surface area contributed by atoms with E-state index in [9.17, 15) is 14.4 Å². The fraction of sp³-hybridized carbons (Fsp3) is 0.600. The molecule has 1 saturated heterocycles. The molecule has 1 aliphatic heterocycles. The average Bonchev–Trinajstić information content (AvgIpc) is 3.24.